The quantitative estimate of drug-likeness (QED) is 0.435. The number of H-pyrrole nitrogens is 1. The van der Waals surface area contributed by atoms with Crippen molar-refractivity contribution in [3.05, 3.63) is 60.2 Å². The predicted molar refractivity (Wildman–Crippen MR) is 114 cm³/mol. The van der Waals surface area contributed by atoms with Crippen molar-refractivity contribution in [2.24, 2.45) is 4.99 Å². The van der Waals surface area contributed by atoms with Crippen LogP contribution in [0.15, 0.2) is 58.3 Å². The lowest BCUT2D eigenvalue weighted by atomic mass is 10.1. The maximum absolute atomic E-state index is 5.70. The van der Waals surface area contributed by atoms with Gasteiger partial charge in [-0.05, 0) is 56.1 Å². The standard InChI is InChI=1S/C22H29N5O/c1-23-22(24-11-10-17-15-25-19-8-3-2-7-18(17)19)26-16-20(21-9-6-14-28-21)27-12-4-5-13-27/h2-3,6-9,14-15,20,25H,4-5,10-13,16H2,1H3,(H2,23,24,26). The van der Waals surface area contributed by atoms with Crippen LogP contribution in [-0.4, -0.2) is 49.1 Å². The molecule has 1 aliphatic rings. The smallest absolute Gasteiger partial charge is 0.191 e. The lowest BCUT2D eigenvalue weighted by Gasteiger charge is -2.26. The number of fused-ring (bicyclic) bond motifs is 1. The van der Waals surface area contributed by atoms with Crippen molar-refractivity contribution in [2.45, 2.75) is 25.3 Å². The number of aliphatic imine (C=N–C) groups is 1. The zero-order valence-corrected chi connectivity index (χ0v) is 16.4. The van der Waals surface area contributed by atoms with Crippen molar-refractivity contribution < 1.29 is 4.42 Å². The molecule has 3 N–H and O–H groups in total. The van der Waals surface area contributed by atoms with Gasteiger partial charge in [-0.15, -0.1) is 0 Å². The first-order valence-electron chi connectivity index (χ1n) is 10.1. The summed E-state index contributed by atoms with van der Waals surface area (Å²) < 4.78 is 5.70. The normalized spacial score (nSPS) is 16.5. The van der Waals surface area contributed by atoms with Gasteiger partial charge in [-0.3, -0.25) is 9.89 Å². The summed E-state index contributed by atoms with van der Waals surface area (Å²) >= 11 is 0. The van der Waals surface area contributed by atoms with Gasteiger partial charge in [0.05, 0.1) is 12.3 Å². The minimum atomic E-state index is 0.240. The molecule has 1 fully saturated rings. The lowest BCUT2D eigenvalue weighted by Crippen LogP contribution is -2.43. The molecule has 148 valence electrons. The van der Waals surface area contributed by atoms with Gasteiger partial charge in [-0.1, -0.05) is 18.2 Å². The second-order valence-corrected chi connectivity index (χ2v) is 7.26. The average Bonchev–Trinajstić information content (AvgIpc) is 3.49. The highest BCUT2D eigenvalue weighted by Crippen LogP contribution is 2.24. The summed E-state index contributed by atoms with van der Waals surface area (Å²) in [5, 5.41) is 8.21. The topological polar surface area (TPSA) is 68.6 Å². The SMILES string of the molecule is CN=C(NCCc1c[nH]c2ccccc12)NCC(c1ccco1)N1CCCC1. The number of hydrogen-bond donors (Lipinski definition) is 3. The molecule has 6 heteroatoms. The van der Waals surface area contributed by atoms with E-state index in [4.69, 9.17) is 4.42 Å². The Kier molecular flexibility index (Phi) is 5.97. The van der Waals surface area contributed by atoms with Gasteiger partial charge in [0.2, 0.25) is 0 Å². The molecular formula is C22H29N5O. The average molecular weight is 380 g/mol. The summed E-state index contributed by atoms with van der Waals surface area (Å²) in [5.74, 6) is 1.85. The third-order valence-electron chi connectivity index (χ3n) is 5.50. The second kappa shape index (κ2) is 8.97. The number of guanidine groups is 1. The van der Waals surface area contributed by atoms with Gasteiger partial charge in [-0.2, -0.15) is 0 Å². The van der Waals surface area contributed by atoms with E-state index < -0.39 is 0 Å². The molecule has 1 aliphatic heterocycles. The Labute approximate surface area is 166 Å². The number of rotatable bonds is 7. The number of benzene rings is 1. The zero-order chi connectivity index (χ0) is 19.2. The van der Waals surface area contributed by atoms with E-state index in [2.05, 4.69) is 62.0 Å². The minimum Gasteiger partial charge on any atom is -0.468 e. The molecule has 0 spiro atoms. The van der Waals surface area contributed by atoms with Gasteiger partial charge in [-0.25, -0.2) is 0 Å². The largest absolute Gasteiger partial charge is 0.468 e. The molecular weight excluding hydrogens is 350 g/mol. The monoisotopic (exact) mass is 379 g/mol. The van der Waals surface area contributed by atoms with Gasteiger partial charge in [0, 0.05) is 37.2 Å². The molecule has 1 unspecified atom stereocenters. The molecule has 28 heavy (non-hydrogen) atoms. The van der Waals surface area contributed by atoms with Gasteiger partial charge in [0.1, 0.15) is 5.76 Å². The molecule has 0 bridgehead atoms. The fraction of sp³-hybridized carbons (Fsp3) is 0.409. The molecule has 0 saturated carbocycles. The van der Waals surface area contributed by atoms with Crippen molar-refractivity contribution >= 4 is 16.9 Å². The van der Waals surface area contributed by atoms with E-state index in [-0.39, 0.29) is 6.04 Å². The van der Waals surface area contributed by atoms with Crippen LogP contribution in [0.1, 0.15) is 30.2 Å². The zero-order valence-electron chi connectivity index (χ0n) is 16.4. The molecule has 0 amide bonds. The summed E-state index contributed by atoms with van der Waals surface area (Å²) in [4.78, 5) is 10.2. The Balaban J connectivity index is 1.31. The van der Waals surface area contributed by atoms with Crippen LogP contribution in [0.2, 0.25) is 0 Å². The number of nitrogens with one attached hydrogen (secondary N) is 3. The second-order valence-electron chi connectivity index (χ2n) is 7.26. The fourth-order valence-electron chi connectivity index (χ4n) is 4.01. The molecule has 1 aromatic carbocycles. The first-order valence-corrected chi connectivity index (χ1v) is 10.1. The van der Waals surface area contributed by atoms with E-state index in [0.717, 1.165) is 44.3 Å². The maximum Gasteiger partial charge on any atom is 0.191 e. The number of aromatic amines is 1. The van der Waals surface area contributed by atoms with Crippen LogP contribution >= 0.6 is 0 Å². The number of nitrogens with zero attached hydrogens (tertiary/aromatic N) is 2. The Hall–Kier alpha value is -2.73. The number of para-hydroxylation sites is 1. The van der Waals surface area contributed by atoms with Gasteiger partial charge in [0.25, 0.3) is 0 Å². The number of likely N-dealkylation sites (tertiary alicyclic amines) is 1. The molecule has 4 rings (SSSR count). The lowest BCUT2D eigenvalue weighted by molar-refractivity contribution is 0.215. The summed E-state index contributed by atoms with van der Waals surface area (Å²) in [6.07, 6.45) is 7.32. The first-order chi connectivity index (χ1) is 13.8. The first kappa shape index (κ1) is 18.6. The number of hydrogen-bond acceptors (Lipinski definition) is 3. The van der Waals surface area contributed by atoms with Crippen LogP contribution in [0.4, 0.5) is 0 Å². The van der Waals surface area contributed by atoms with E-state index in [1.54, 1.807) is 6.26 Å². The van der Waals surface area contributed by atoms with Crippen LogP contribution < -0.4 is 10.6 Å². The molecule has 3 heterocycles. The van der Waals surface area contributed by atoms with Crippen molar-refractivity contribution in [3.63, 3.8) is 0 Å². The molecule has 2 aromatic heterocycles. The summed E-state index contributed by atoms with van der Waals surface area (Å²) in [6.45, 7) is 3.86. The summed E-state index contributed by atoms with van der Waals surface area (Å²) in [7, 11) is 1.82. The van der Waals surface area contributed by atoms with E-state index in [0.29, 0.717) is 0 Å². The molecule has 1 atom stereocenters. The van der Waals surface area contributed by atoms with Gasteiger partial charge >= 0.3 is 0 Å². The molecule has 0 aliphatic carbocycles. The molecule has 0 radical (unpaired) electrons. The van der Waals surface area contributed by atoms with E-state index in [1.165, 1.54) is 29.3 Å². The van der Waals surface area contributed by atoms with Crippen LogP contribution in [0.3, 0.4) is 0 Å². The Morgan fingerprint density at radius 3 is 2.82 bits per heavy atom. The molecule has 6 nitrogen and oxygen atoms in total. The van der Waals surface area contributed by atoms with Crippen LogP contribution in [0.25, 0.3) is 10.9 Å². The Morgan fingerprint density at radius 1 is 1.18 bits per heavy atom. The third kappa shape index (κ3) is 4.22. The molecule has 1 saturated heterocycles. The van der Waals surface area contributed by atoms with E-state index >= 15 is 0 Å². The summed E-state index contributed by atoms with van der Waals surface area (Å²) in [5.41, 5.74) is 2.51. The van der Waals surface area contributed by atoms with E-state index in [1.807, 2.05) is 13.1 Å². The maximum atomic E-state index is 5.70. The number of aromatic nitrogens is 1. The highest BCUT2D eigenvalue weighted by Gasteiger charge is 2.25. The summed E-state index contributed by atoms with van der Waals surface area (Å²) in [6, 6.07) is 12.7. The van der Waals surface area contributed by atoms with Gasteiger partial charge in [0.15, 0.2) is 5.96 Å². The fourth-order valence-corrected chi connectivity index (χ4v) is 4.01. The van der Waals surface area contributed by atoms with Crippen molar-refractivity contribution in [3.8, 4) is 0 Å². The third-order valence-corrected chi connectivity index (χ3v) is 5.50. The van der Waals surface area contributed by atoms with Crippen molar-refractivity contribution in [1.82, 2.24) is 20.5 Å². The van der Waals surface area contributed by atoms with Crippen LogP contribution in [0.5, 0.6) is 0 Å². The number of furan rings is 1. The van der Waals surface area contributed by atoms with E-state index in [9.17, 15) is 0 Å². The van der Waals surface area contributed by atoms with Crippen molar-refractivity contribution in [1.29, 1.82) is 0 Å². The Morgan fingerprint density at radius 2 is 2.04 bits per heavy atom. The predicted octanol–water partition coefficient (Wildman–Crippen LogP) is 3.31. The van der Waals surface area contributed by atoms with Crippen LogP contribution in [0, 0.1) is 0 Å². The van der Waals surface area contributed by atoms with Crippen molar-refractivity contribution in [2.75, 3.05) is 33.2 Å². The minimum absolute atomic E-state index is 0.240. The highest BCUT2D eigenvalue weighted by molar-refractivity contribution is 5.83. The Bertz CT molecular complexity index is 893. The molecule has 3 aromatic rings. The van der Waals surface area contributed by atoms with Gasteiger partial charge < -0.3 is 20.0 Å². The van der Waals surface area contributed by atoms with Crippen LogP contribution in [-0.2, 0) is 6.42 Å². The highest BCUT2D eigenvalue weighted by atomic mass is 16.3.